The summed E-state index contributed by atoms with van der Waals surface area (Å²) in [4.78, 5) is 26.7. The van der Waals surface area contributed by atoms with Crippen LogP contribution in [0.5, 0.6) is 0 Å². The predicted octanol–water partition coefficient (Wildman–Crippen LogP) is 0.703. The van der Waals surface area contributed by atoms with Crippen LogP contribution in [0.2, 0.25) is 0 Å². The fourth-order valence-electron chi connectivity index (χ4n) is 1.48. The van der Waals surface area contributed by atoms with Gasteiger partial charge in [-0.3, -0.25) is 9.59 Å². The summed E-state index contributed by atoms with van der Waals surface area (Å²) in [5.41, 5.74) is 0. The van der Waals surface area contributed by atoms with Gasteiger partial charge in [-0.25, -0.2) is 0 Å². The van der Waals surface area contributed by atoms with E-state index in [1.165, 1.54) is 0 Å². The lowest BCUT2D eigenvalue weighted by Gasteiger charge is -2.22. The molecule has 0 saturated heterocycles. The monoisotopic (exact) mass is 257 g/mol. The van der Waals surface area contributed by atoms with Crippen LogP contribution in [0.15, 0.2) is 0 Å². The Bertz CT molecular complexity index is 255. The maximum atomic E-state index is 11.5. The molecule has 0 aromatic carbocycles. The van der Waals surface area contributed by atoms with Crippen LogP contribution in [0.25, 0.3) is 0 Å². The van der Waals surface area contributed by atoms with Gasteiger partial charge >= 0.3 is 0 Å². The molecule has 0 saturated carbocycles. The minimum Gasteiger partial charge on any atom is -0.356 e. The summed E-state index contributed by atoms with van der Waals surface area (Å²) >= 11 is 0. The number of hydrogen-bond acceptors (Lipinski definition) is 3. The Hall–Kier alpha value is -1.10. The Labute approximate surface area is 111 Å². The zero-order chi connectivity index (χ0) is 14.0. The van der Waals surface area contributed by atoms with Gasteiger partial charge in [0.2, 0.25) is 11.8 Å². The molecule has 0 aliphatic heterocycles. The number of likely N-dealkylation sites (N-methyl/N-ethyl adjacent to an activating group) is 1. The molecule has 1 N–H and O–H groups in total. The lowest BCUT2D eigenvalue weighted by atomic mass is 10.3. The van der Waals surface area contributed by atoms with Crippen molar-refractivity contribution in [3.8, 4) is 0 Å². The molecule has 0 rings (SSSR count). The normalized spacial score (nSPS) is 10.5. The summed E-state index contributed by atoms with van der Waals surface area (Å²) in [6.45, 7) is 6.35. The van der Waals surface area contributed by atoms with E-state index in [2.05, 4.69) is 12.2 Å². The van der Waals surface area contributed by atoms with Crippen molar-refractivity contribution in [3.05, 3.63) is 0 Å². The van der Waals surface area contributed by atoms with Gasteiger partial charge in [0.05, 0.1) is 0 Å². The van der Waals surface area contributed by atoms with Gasteiger partial charge in [-0.2, -0.15) is 0 Å². The highest BCUT2D eigenvalue weighted by Crippen LogP contribution is 1.94. The molecule has 18 heavy (non-hydrogen) atoms. The highest BCUT2D eigenvalue weighted by atomic mass is 16.2. The van der Waals surface area contributed by atoms with E-state index in [4.69, 9.17) is 0 Å². The van der Waals surface area contributed by atoms with E-state index in [0.29, 0.717) is 19.5 Å². The largest absolute Gasteiger partial charge is 0.356 e. The molecule has 0 unspecified atom stereocenters. The van der Waals surface area contributed by atoms with Crippen molar-refractivity contribution in [3.63, 3.8) is 0 Å². The number of carbonyl (C=O) groups is 2. The number of rotatable bonds is 9. The number of nitrogens with one attached hydrogen (secondary N) is 1. The Morgan fingerprint density at radius 2 is 1.78 bits per heavy atom. The third-order valence-electron chi connectivity index (χ3n) is 2.72. The van der Waals surface area contributed by atoms with E-state index in [-0.39, 0.29) is 11.8 Å². The standard InChI is InChI=1S/C13H27N3O2/c1-5-6-8-14-13(18)7-9-16(12(2)17)11-10-15(3)4/h5-11H2,1-4H3,(H,14,18). The SMILES string of the molecule is CCCCNC(=O)CCN(CCN(C)C)C(C)=O. The van der Waals surface area contributed by atoms with Gasteiger partial charge in [0.15, 0.2) is 0 Å². The van der Waals surface area contributed by atoms with Crippen LogP contribution in [0.1, 0.15) is 33.1 Å². The fraction of sp³-hybridized carbons (Fsp3) is 0.846. The fourth-order valence-corrected chi connectivity index (χ4v) is 1.48. The average Bonchev–Trinajstić information content (AvgIpc) is 2.28. The second-order valence-corrected chi connectivity index (χ2v) is 4.76. The number of amides is 2. The van der Waals surface area contributed by atoms with E-state index >= 15 is 0 Å². The van der Waals surface area contributed by atoms with Crippen molar-refractivity contribution in [1.29, 1.82) is 0 Å². The van der Waals surface area contributed by atoms with Gasteiger partial charge in [-0.1, -0.05) is 13.3 Å². The molecule has 0 aliphatic rings. The molecule has 0 heterocycles. The Morgan fingerprint density at radius 3 is 2.28 bits per heavy atom. The second-order valence-electron chi connectivity index (χ2n) is 4.76. The Kier molecular flexibility index (Phi) is 9.28. The van der Waals surface area contributed by atoms with Crippen molar-refractivity contribution in [2.24, 2.45) is 0 Å². The minimum absolute atomic E-state index is 0.0261. The van der Waals surface area contributed by atoms with Gasteiger partial charge in [0.1, 0.15) is 0 Å². The van der Waals surface area contributed by atoms with Gasteiger partial charge in [0, 0.05) is 39.5 Å². The quantitative estimate of drug-likeness (QED) is 0.619. The number of carbonyl (C=O) groups excluding carboxylic acids is 2. The molecule has 106 valence electrons. The molecule has 0 radical (unpaired) electrons. The van der Waals surface area contributed by atoms with Gasteiger partial charge in [-0.15, -0.1) is 0 Å². The van der Waals surface area contributed by atoms with Crippen molar-refractivity contribution in [1.82, 2.24) is 15.1 Å². The smallest absolute Gasteiger partial charge is 0.221 e. The topological polar surface area (TPSA) is 52.7 Å². The molecule has 2 amide bonds. The first kappa shape index (κ1) is 16.9. The van der Waals surface area contributed by atoms with Crippen molar-refractivity contribution >= 4 is 11.8 Å². The molecule has 0 atom stereocenters. The predicted molar refractivity (Wildman–Crippen MR) is 73.3 cm³/mol. The van der Waals surface area contributed by atoms with E-state index in [1.54, 1.807) is 11.8 Å². The van der Waals surface area contributed by atoms with Crippen LogP contribution >= 0.6 is 0 Å². The number of unbranched alkanes of at least 4 members (excludes halogenated alkanes) is 1. The second kappa shape index (κ2) is 9.88. The van der Waals surface area contributed by atoms with E-state index in [0.717, 1.165) is 25.9 Å². The summed E-state index contributed by atoms with van der Waals surface area (Å²) in [7, 11) is 3.94. The summed E-state index contributed by atoms with van der Waals surface area (Å²) in [5, 5.41) is 2.86. The first-order valence-corrected chi connectivity index (χ1v) is 6.64. The summed E-state index contributed by atoms with van der Waals surface area (Å²) < 4.78 is 0. The molecule has 0 spiro atoms. The van der Waals surface area contributed by atoms with Crippen LogP contribution in [-0.2, 0) is 9.59 Å². The molecular formula is C13H27N3O2. The molecule has 5 nitrogen and oxygen atoms in total. The minimum atomic E-state index is 0.0261. The average molecular weight is 257 g/mol. The number of hydrogen-bond donors (Lipinski definition) is 1. The zero-order valence-electron chi connectivity index (χ0n) is 12.2. The summed E-state index contributed by atoms with van der Waals surface area (Å²) in [5.74, 6) is 0.0535. The Balaban J connectivity index is 3.88. The zero-order valence-corrected chi connectivity index (χ0v) is 12.2. The lowest BCUT2D eigenvalue weighted by Crippen LogP contribution is -2.38. The third-order valence-corrected chi connectivity index (χ3v) is 2.72. The van der Waals surface area contributed by atoms with Gasteiger partial charge in [0.25, 0.3) is 0 Å². The molecule has 0 aromatic rings. The van der Waals surface area contributed by atoms with E-state index < -0.39 is 0 Å². The molecular weight excluding hydrogens is 230 g/mol. The highest BCUT2D eigenvalue weighted by molar-refractivity contribution is 5.77. The highest BCUT2D eigenvalue weighted by Gasteiger charge is 2.10. The first-order valence-electron chi connectivity index (χ1n) is 6.64. The number of nitrogens with zero attached hydrogens (tertiary/aromatic N) is 2. The maximum Gasteiger partial charge on any atom is 0.221 e. The van der Waals surface area contributed by atoms with E-state index in [1.807, 2.05) is 19.0 Å². The Morgan fingerprint density at radius 1 is 1.11 bits per heavy atom. The lowest BCUT2D eigenvalue weighted by molar-refractivity contribution is -0.129. The molecule has 0 aromatic heterocycles. The van der Waals surface area contributed by atoms with Gasteiger partial charge < -0.3 is 15.1 Å². The van der Waals surface area contributed by atoms with Crippen LogP contribution in [0, 0.1) is 0 Å². The summed E-state index contributed by atoms with van der Waals surface area (Å²) in [6.07, 6.45) is 2.46. The molecule has 0 aliphatic carbocycles. The van der Waals surface area contributed by atoms with E-state index in [9.17, 15) is 9.59 Å². The van der Waals surface area contributed by atoms with Gasteiger partial charge in [-0.05, 0) is 20.5 Å². The summed E-state index contributed by atoms with van der Waals surface area (Å²) in [6, 6.07) is 0. The van der Waals surface area contributed by atoms with Crippen LogP contribution in [-0.4, -0.2) is 61.9 Å². The van der Waals surface area contributed by atoms with Crippen LogP contribution in [0.4, 0.5) is 0 Å². The van der Waals surface area contributed by atoms with Crippen molar-refractivity contribution in [2.75, 3.05) is 40.3 Å². The van der Waals surface area contributed by atoms with Crippen molar-refractivity contribution < 1.29 is 9.59 Å². The maximum absolute atomic E-state index is 11.5. The van der Waals surface area contributed by atoms with Crippen LogP contribution in [0.3, 0.4) is 0 Å². The third kappa shape index (κ3) is 8.98. The molecule has 0 fully saturated rings. The molecule has 5 heteroatoms. The van der Waals surface area contributed by atoms with Crippen LogP contribution < -0.4 is 5.32 Å². The first-order chi connectivity index (χ1) is 8.47. The van der Waals surface area contributed by atoms with Crippen molar-refractivity contribution in [2.45, 2.75) is 33.1 Å². The molecule has 0 bridgehead atoms.